The predicted octanol–water partition coefficient (Wildman–Crippen LogP) is 0.0362. The van der Waals surface area contributed by atoms with Gasteiger partial charge in [-0.1, -0.05) is 0 Å². The Morgan fingerprint density at radius 3 is 2.17 bits per heavy atom. The van der Waals surface area contributed by atoms with Crippen LogP contribution in [0.3, 0.4) is 0 Å². The van der Waals surface area contributed by atoms with Crippen molar-refractivity contribution in [3.8, 4) is 0 Å². The Balaban J connectivity index is 4.05. The molecule has 0 aromatic rings. The summed E-state index contributed by atoms with van der Waals surface area (Å²) < 4.78 is 4.89. The Labute approximate surface area is 72.7 Å². The SMILES string of the molecule is C[C@H](N)[C@@H](O)C(=O)OC(C)(C)C. The molecular weight excluding hydrogens is 158 g/mol. The number of hydrogen-bond donors (Lipinski definition) is 2. The van der Waals surface area contributed by atoms with Crippen molar-refractivity contribution in [1.29, 1.82) is 0 Å². The summed E-state index contributed by atoms with van der Waals surface area (Å²) in [6.45, 7) is 6.75. The molecule has 0 saturated carbocycles. The molecule has 72 valence electrons. The summed E-state index contributed by atoms with van der Waals surface area (Å²) in [6, 6.07) is -0.597. The first-order chi connectivity index (χ1) is 5.24. The number of nitrogens with two attached hydrogens (primary N) is 1. The molecule has 0 aliphatic carbocycles. The lowest BCUT2D eigenvalue weighted by Gasteiger charge is -2.22. The molecule has 0 saturated heterocycles. The van der Waals surface area contributed by atoms with E-state index >= 15 is 0 Å². The minimum absolute atomic E-state index is 0.576. The Bertz CT molecular complexity index is 160. The highest BCUT2D eigenvalue weighted by Gasteiger charge is 2.25. The number of carbonyl (C=O) groups excluding carboxylic acids is 1. The molecule has 4 heteroatoms. The van der Waals surface area contributed by atoms with E-state index in [0.717, 1.165) is 0 Å². The van der Waals surface area contributed by atoms with Crippen LogP contribution in [0.4, 0.5) is 0 Å². The highest BCUT2D eigenvalue weighted by atomic mass is 16.6. The Morgan fingerprint density at radius 2 is 1.92 bits per heavy atom. The maximum absolute atomic E-state index is 11.0. The van der Waals surface area contributed by atoms with Crippen molar-refractivity contribution in [3.63, 3.8) is 0 Å². The van der Waals surface area contributed by atoms with Gasteiger partial charge < -0.3 is 15.6 Å². The topological polar surface area (TPSA) is 72.5 Å². The van der Waals surface area contributed by atoms with Crippen molar-refractivity contribution in [2.45, 2.75) is 45.4 Å². The van der Waals surface area contributed by atoms with Crippen LogP contribution in [0.25, 0.3) is 0 Å². The fourth-order valence-electron chi connectivity index (χ4n) is 0.577. The summed E-state index contributed by atoms with van der Waals surface area (Å²) in [5.74, 6) is -0.669. The molecule has 0 unspecified atom stereocenters. The van der Waals surface area contributed by atoms with Crippen LogP contribution in [-0.2, 0) is 9.53 Å². The van der Waals surface area contributed by atoms with Crippen molar-refractivity contribution in [1.82, 2.24) is 0 Å². The van der Waals surface area contributed by atoms with Gasteiger partial charge in [0.1, 0.15) is 5.60 Å². The van der Waals surface area contributed by atoms with Gasteiger partial charge in [0.2, 0.25) is 0 Å². The second-order valence-electron chi connectivity index (χ2n) is 3.84. The molecule has 12 heavy (non-hydrogen) atoms. The molecule has 0 bridgehead atoms. The maximum atomic E-state index is 11.0. The summed E-state index contributed by atoms with van der Waals surface area (Å²) in [5, 5.41) is 9.16. The zero-order chi connectivity index (χ0) is 9.94. The van der Waals surface area contributed by atoms with Gasteiger partial charge in [0, 0.05) is 6.04 Å². The molecule has 0 aliphatic rings. The third kappa shape index (κ3) is 4.31. The van der Waals surface area contributed by atoms with E-state index in [1.165, 1.54) is 0 Å². The van der Waals surface area contributed by atoms with Gasteiger partial charge in [-0.25, -0.2) is 4.79 Å². The van der Waals surface area contributed by atoms with E-state index in [-0.39, 0.29) is 0 Å². The van der Waals surface area contributed by atoms with Crippen molar-refractivity contribution < 1.29 is 14.6 Å². The molecule has 0 aliphatic heterocycles. The van der Waals surface area contributed by atoms with E-state index in [0.29, 0.717) is 0 Å². The van der Waals surface area contributed by atoms with E-state index in [4.69, 9.17) is 15.6 Å². The maximum Gasteiger partial charge on any atom is 0.337 e. The molecular formula is C8H17NO3. The van der Waals surface area contributed by atoms with E-state index in [1.807, 2.05) is 0 Å². The van der Waals surface area contributed by atoms with Crippen LogP contribution in [0.15, 0.2) is 0 Å². The minimum atomic E-state index is -1.23. The number of carbonyl (C=O) groups is 1. The first-order valence-corrected chi connectivity index (χ1v) is 3.90. The molecule has 0 spiro atoms. The van der Waals surface area contributed by atoms with Crippen LogP contribution in [0, 0.1) is 0 Å². The van der Waals surface area contributed by atoms with Gasteiger partial charge in [-0.3, -0.25) is 0 Å². The number of aliphatic hydroxyl groups is 1. The van der Waals surface area contributed by atoms with E-state index in [2.05, 4.69) is 0 Å². The van der Waals surface area contributed by atoms with Crippen LogP contribution >= 0.6 is 0 Å². The van der Waals surface area contributed by atoms with Crippen LogP contribution in [0.2, 0.25) is 0 Å². The highest BCUT2D eigenvalue weighted by molar-refractivity contribution is 5.75. The quantitative estimate of drug-likeness (QED) is 0.581. The molecule has 0 rings (SSSR count). The van der Waals surface area contributed by atoms with Crippen molar-refractivity contribution in [2.24, 2.45) is 5.73 Å². The lowest BCUT2D eigenvalue weighted by molar-refractivity contribution is -0.165. The summed E-state index contributed by atoms with van der Waals surface area (Å²) in [4.78, 5) is 11.0. The molecule has 0 aromatic carbocycles. The fraction of sp³-hybridized carbons (Fsp3) is 0.875. The summed E-state index contributed by atoms with van der Waals surface area (Å²) in [7, 11) is 0. The van der Waals surface area contributed by atoms with Gasteiger partial charge >= 0.3 is 5.97 Å². The van der Waals surface area contributed by atoms with Crippen molar-refractivity contribution >= 4 is 5.97 Å². The van der Waals surface area contributed by atoms with Gasteiger partial charge in [-0.05, 0) is 27.7 Å². The molecule has 3 N–H and O–H groups in total. The monoisotopic (exact) mass is 175 g/mol. The van der Waals surface area contributed by atoms with Gasteiger partial charge in [0.15, 0.2) is 6.10 Å². The molecule has 0 amide bonds. The summed E-state index contributed by atoms with van der Waals surface area (Å²) in [6.07, 6.45) is -1.23. The average Bonchev–Trinajstić information content (AvgIpc) is 1.82. The number of hydrogen-bond acceptors (Lipinski definition) is 4. The molecule has 0 fully saturated rings. The lowest BCUT2D eigenvalue weighted by atomic mass is 10.1. The van der Waals surface area contributed by atoms with Crippen molar-refractivity contribution in [2.75, 3.05) is 0 Å². The van der Waals surface area contributed by atoms with Crippen LogP contribution in [0.5, 0.6) is 0 Å². The summed E-state index contributed by atoms with van der Waals surface area (Å²) in [5.41, 5.74) is 4.73. The number of rotatable bonds is 2. The first kappa shape index (κ1) is 11.4. The second kappa shape index (κ2) is 3.87. The standard InChI is InChI=1S/C8H17NO3/c1-5(9)6(10)7(11)12-8(2,3)4/h5-6,10H,9H2,1-4H3/t5-,6+/m0/s1. The second-order valence-corrected chi connectivity index (χ2v) is 3.84. The highest BCUT2D eigenvalue weighted by Crippen LogP contribution is 2.08. The third-order valence-corrected chi connectivity index (χ3v) is 1.15. The Morgan fingerprint density at radius 1 is 1.50 bits per heavy atom. The van der Waals surface area contributed by atoms with Crippen LogP contribution < -0.4 is 5.73 Å². The number of ether oxygens (including phenoxy) is 1. The van der Waals surface area contributed by atoms with E-state index in [1.54, 1.807) is 27.7 Å². The zero-order valence-electron chi connectivity index (χ0n) is 8.00. The van der Waals surface area contributed by atoms with Crippen LogP contribution in [-0.4, -0.2) is 28.8 Å². The molecule has 0 aromatic heterocycles. The lowest BCUT2D eigenvalue weighted by Crippen LogP contribution is -2.42. The van der Waals surface area contributed by atoms with E-state index in [9.17, 15) is 4.79 Å². The number of aliphatic hydroxyl groups excluding tert-OH is 1. The largest absolute Gasteiger partial charge is 0.458 e. The molecule has 0 heterocycles. The molecule has 0 radical (unpaired) electrons. The minimum Gasteiger partial charge on any atom is -0.458 e. The molecule has 4 nitrogen and oxygen atoms in total. The predicted molar refractivity (Wildman–Crippen MR) is 45.5 cm³/mol. The normalized spacial score (nSPS) is 16.8. The van der Waals surface area contributed by atoms with Crippen LogP contribution in [0.1, 0.15) is 27.7 Å². The van der Waals surface area contributed by atoms with Gasteiger partial charge in [-0.2, -0.15) is 0 Å². The zero-order valence-corrected chi connectivity index (χ0v) is 8.00. The van der Waals surface area contributed by atoms with Gasteiger partial charge in [0.05, 0.1) is 0 Å². The third-order valence-electron chi connectivity index (χ3n) is 1.15. The fourth-order valence-corrected chi connectivity index (χ4v) is 0.577. The average molecular weight is 175 g/mol. The Hall–Kier alpha value is -0.610. The van der Waals surface area contributed by atoms with E-state index < -0.39 is 23.7 Å². The first-order valence-electron chi connectivity index (χ1n) is 3.90. The van der Waals surface area contributed by atoms with Gasteiger partial charge in [0.25, 0.3) is 0 Å². The summed E-state index contributed by atoms with van der Waals surface area (Å²) >= 11 is 0. The number of esters is 1. The van der Waals surface area contributed by atoms with Gasteiger partial charge in [-0.15, -0.1) is 0 Å². The van der Waals surface area contributed by atoms with Crippen molar-refractivity contribution in [3.05, 3.63) is 0 Å². The Kier molecular flexibility index (Phi) is 3.67. The smallest absolute Gasteiger partial charge is 0.337 e. The molecule has 2 atom stereocenters.